The zero-order valence-electron chi connectivity index (χ0n) is 15.1. The van der Waals surface area contributed by atoms with Gasteiger partial charge in [0.15, 0.2) is 0 Å². The number of hydrogen-bond acceptors (Lipinski definition) is 5. The maximum Gasteiger partial charge on any atom is 0.339 e. The van der Waals surface area contributed by atoms with Crippen LogP contribution in [-0.4, -0.2) is 25.6 Å². The molecule has 2 rings (SSSR count). The van der Waals surface area contributed by atoms with E-state index in [1.807, 2.05) is 25.1 Å². The van der Waals surface area contributed by atoms with E-state index in [9.17, 15) is 14.9 Å². The molecule has 1 N–H and O–H groups in total. The van der Waals surface area contributed by atoms with Gasteiger partial charge in [0.25, 0.3) is 5.91 Å². The molecule has 0 atom stereocenters. The highest BCUT2D eigenvalue weighted by atomic mass is 127. The van der Waals surface area contributed by atoms with Gasteiger partial charge in [-0.25, -0.2) is 4.79 Å². The number of methoxy groups -OCH3 is 1. The fourth-order valence-corrected chi connectivity index (χ4v) is 4.46. The lowest BCUT2D eigenvalue weighted by Crippen LogP contribution is -2.16. The van der Waals surface area contributed by atoms with Crippen molar-refractivity contribution in [2.24, 2.45) is 0 Å². The van der Waals surface area contributed by atoms with E-state index in [1.54, 1.807) is 18.2 Å². The largest absolute Gasteiger partial charge is 0.492 e. The third kappa shape index (κ3) is 5.45. The highest BCUT2D eigenvalue weighted by Gasteiger charge is 2.16. The van der Waals surface area contributed by atoms with Gasteiger partial charge in [0, 0.05) is 0 Å². The summed E-state index contributed by atoms with van der Waals surface area (Å²) in [6.45, 7) is 2.46. The lowest BCUT2D eigenvalue weighted by Gasteiger charge is -2.10. The second-order valence-electron chi connectivity index (χ2n) is 5.41. The van der Waals surface area contributed by atoms with Crippen LogP contribution in [0.5, 0.6) is 5.75 Å². The highest BCUT2D eigenvalue weighted by Crippen LogP contribution is 2.30. The van der Waals surface area contributed by atoms with Gasteiger partial charge in [-0.3, -0.25) is 4.79 Å². The van der Waals surface area contributed by atoms with E-state index < -0.39 is 11.9 Å². The van der Waals surface area contributed by atoms with Crippen molar-refractivity contribution in [3.8, 4) is 11.8 Å². The first-order chi connectivity index (χ1) is 13.4. The lowest BCUT2D eigenvalue weighted by molar-refractivity contribution is -0.112. The van der Waals surface area contributed by atoms with E-state index in [0.717, 1.165) is 12.9 Å². The molecule has 0 bridgehead atoms. The number of carbonyl (C=O) groups excluding carboxylic acids is 2. The standard InChI is InChI=1S/C20H16I2N2O4/c1-3-28-18-15(21)9-12(10-16(18)22)8-13(11-23)19(25)24-17-7-5-4-6-14(17)20(26)27-2/h4-10H,3H2,1-2H3,(H,24,25)/b13-8-. The van der Waals surface area contributed by atoms with Gasteiger partial charge in [0.2, 0.25) is 0 Å². The van der Waals surface area contributed by atoms with E-state index in [1.165, 1.54) is 19.3 Å². The van der Waals surface area contributed by atoms with Gasteiger partial charge in [0.05, 0.1) is 32.1 Å². The SMILES string of the molecule is CCOc1c(I)cc(/C=C(/C#N)C(=O)Nc2ccccc2C(=O)OC)cc1I. The van der Waals surface area contributed by atoms with Crippen LogP contribution in [-0.2, 0) is 9.53 Å². The van der Waals surface area contributed by atoms with Crippen LogP contribution in [0.4, 0.5) is 5.69 Å². The maximum atomic E-state index is 12.6. The molecule has 0 aliphatic carbocycles. The number of ether oxygens (including phenoxy) is 2. The van der Waals surface area contributed by atoms with Crippen LogP contribution in [0.3, 0.4) is 0 Å². The third-order valence-electron chi connectivity index (χ3n) is 3.57. The predicted octanol–water partition coefficient (Wildman–Crippen LogP) is 4.63. The highest BCUT2D eigenvalue weighted by molar-refractivity contribution is 14.1. The number of rotatable bonds is 6. The number of anilines is 1. The van der Waals surface area contributed by atoms with E-state index in [0.29, 0.717) is 12.2 Å². The number of esters is 1. The third-order valence-corrected chi connectivity index (χ3v) is 5.17. The van der Waals surface area contributed by atoms with Crippen molar-refractivity contribution < 1.29 is 19.1 Å². The lowest BCUT2D eigenvalue weighted by atomic mass is 10.1. The van der Waals surface area contributed by atoms with Crippen LogP contribution >= 0.6 is 45.2 Å². The van der Waals surface area contributed by atoms with E-state index >= 15 is 0 Å². The molecule has 0 aromatic heterocycles. The van der Waals surface area contributed by atoms with Gasteiger partial charge in [-0.15, -0.1) is 0 Å². The summed E-state index contributed by atoms with van der Waals surface area (Å²) in [5.41, 5.74) is 1.10. The molecule has 0 saturated carbocycles. The van der Waals surface area contributed by atoms with Gasteiger partial charge < -0.3 is 14.8 Å². The molecule has 1 amide bonds. The minimum atomic E-state index is -0.613. The summed E-state index contributed by atoms with van der Waals surface area (Å²) >= 11 is 4.30. The zero-order valence-corrected chi connectivity index (χ0v) is 19.4. The number of nitrogens with zero attached hydrogens (tertiary/aromatic N) is 1. The second kappa shape index (κ2) is 10.4. The number of para-hydroxylation sites is 1. The molecule has 0 radical (unpaired) electrons. The number of carbonyl (C=O) groups is 2. The Labute approximate surface area is 190 Å². The molecule has 8 heteroatoms. The fraction of sp³-hybridized carbons (Fsp3) is 0.150. The molecular formula is C20H16I2N2O4. The Morgan fingerprint density at radius 3 is 2.43 bits per heavy atom. The normalized spacial score (nSPS) is 10.8. The van der Waals surface area contributed by atoms with Crippen molar-refractivity contribution in [1.82, 2.24) is 0 Å². The Morgan fingerprint density at radius 1 is 1.21 bits per heavy atom. The molecule has 0 fully saturated rings. The van der Waals surface area contributed by atoms with Crippen molar-refractivity contribution in [1.29, 1.82) is 5.26 Å². The van der Waals surface area contributed by atoms with E-state index in [-0.39, 0.29) is 16.8 Å². The molecule has 0 saturated heterocycles. The van der Waals surface area contributed by atoms with Crippen molar-refractivity contribution >= 4 is 68.8 Å². The van der Waals surface area contributed by atoms with Crippen LogP contribution in [0.1, 0.15) is 22.8 Å². The minimum absolute atomic E-state index is 0.0876. The molecule has 0 aliphatic heterocycles. The van der Waals surface area contributed by atoms with Gasteiger partial charge in [-0.1, -0.05) is 12.1 Å². The number of halogens is 2. The average Bonchev–Trinajstić information content (AvgIpc) is 2.68. The first-order valence-corrected chi connectivity index (χ1v) is 10.3. The molecule has 2 aromatic rings. The summed E-state index contributed by atoms with van der Waals surface area (Å²) in [6, 6.07) is 12.0. The molecule has 0 unspecified atom stereocenters. The molecule has 0 aliphatic rings. The Morgan fingerprint density at radius 2 is 1.86 bits per heavy atom. The Hall–Kier alpha value is -2.13. The molecule has 144 valence electrons. The van der Waals surface area contributed by atoms with Crippen molar-refractivity contribution in [3.05, 3.63) is 60.2 Å². The van der Waals surface area contributed by atoms with Gasteiger partial charge in [-0.05, 0) is 88.0 Å². The summed E-state index contributed by atoms with van der Waals surface area (Å²) in [4.78, 5) is 24.4. The number of hydrogen-bond donors (Lipinski definition) is 1. The molecule has 6 nitrogen and oxygen atoms in total. The van der Waals surface area contributed by atoms with E-state index in [4.69, 9.17) is 9.47 Å². The summed E-state index contributed by atoms with van der Waals surface area (Å²) in [6.07, 6.45) is 1.50. The fourth-order valence-electron chi connectivity index (χ4n) is 2.33. The predicted molar refractivity (Wildman–Crippen MR) is 123 cm³/mol. The maximum absolute atomic E-state index is 12.6. The van der Waals surface area contributed by atoms with Crippen LogP contribution in [0.15, 0.2) is 42.0 Å². The average molecular weight is 602 g/mol. The number of amides is 1. The van der Waals surface area contributed by atoms with Crippen LogP contribution in [0, 0.1) is 18.5 Å². The molecule has 28 heavy (non-hydrogen) atoms. The summed E-state index contributed by atoms with van der Waals surface area (Å²) < 4.78 is 12.1. The van der Waals surface area contributed by atoms with Crippen molar-refractivity contribution in [2.45, 2.75) is 6.92 Å². The number of nitrogens with one attached hydrogen (secondary N) is 1. The van der Waals surface area contributed by atoms with Crippen LogP contribution in [0.2, 0.25) is 0 Å². The smallest absolute Gasteiger partial charge is 0.339 e. The summed E-state index contributed by atoms with van der Waals surface area (Å²) in [5.74, 6) is -0.414. The Kier molecular flexibility index (Phi) is 8.25. The van der Waals surface area contributed by atoms with Crippen molar-refractivity contribution in [2.75, 3.05) is 19.0 Å². The monoisotopic (exact) mass is 602 g/mol. The molecule has 0 spiro atoms. The molecule has 2 aromatic carbocycles. The summed E-state index contributed by atoms with van der Waals surface area (Å²) in [5, 5.41) is 12.0. The van der Waals surface area contributed by atoms with Crippen LogP contribution in [0.25, 0.3) is 6.08 Å². The molecular weight excluding hydrogens is 586 g/mol. The van der Waals surface area contributed by atoms with E-state index in [2.05, 4.69) is 50.5 Å². The first kappa shape index (κ1) is 22.2. The van der Waals surface area contributed by atoms with Crippen LogP contribution < -0.4 is 10.1 Å². The van der Waals surface area contributed by atoms with Gasteiger partial charge in [-0.2, -0.15) is 5.26 Å². The van der Waals surface area contributed by atoms with Gasteiger partial charge >= 0.3 is 5.97 Å². The Bertz CT molecular complexity index is 957. The summed E-state index contributed by atoms with van der Waals surface area (Å²) in [7, 11) is 1.26. The van der Waals surface area contributed by atoms with Crippen molar-refractivity contribution in [3.63, 3.8) is 0 Å². The first-order valence-electron chi connectivity index (χ1n) is 8.13. The zero-order chi connectivity index (χ0) is 20.7. The quantitative estimate of drug-likeness (QED) is 0.226. The number of benzene rings is 2. The second-order valence-corrected chi connectivity index (χ2v) is 7.73. The topological polar surface area (TPSA) is 88.4 Å². The Balaban J connectivity index is 2.33. The van der Waals surface area contributed by atoms with Gasteiger partial charge in [0.1, 0.15) is 17.4 Å². The minimum Gasteiger partial charge on any atom is -0.492 e. The molecule has 0 heterocycles. The number of nitriles is 1.